The Morgan fingerprint density at radius 1 is 1.28 bits per heavy atom. The van der Waals surface area contributed by atoms with Crippen LogP contribution in [-0.2, 0) is 0 Å². The molecule has 0 saturated carbocycles. The Kier molecular flexibility index (Phi) is 4.85. The van der Waals surface area contributed by atoms with Crippen LogP contribution in [0.3, 0.4) is 0 Å². The van der Waals surface area contributed by atoms with E-state index in [1.807, 2.05) is 12.1 Å². The van der Waals surface area contributed by atoms with Gasteiger partial charge in [0.1, 0.15) is 11.3 Å². The third kappa shape index (κ3) is 3.56. The molecular weight excluding hydrogens is 320 g/mol. The molecule has 0 bridgehead atoms. The number of anilines is 1. The van der Waals surface area contributed by atoms with E-state index in [0.717, 1.165) is 13.1 Å². The summed E-state index contributed by atoms with van der Waals surface area (Å²) in [4.78, 5) is 22.6. The number of carboxylic acid groups (broad SMARTS) is 1. The number of aromatic carboxylic acids is 1. The van der Waals surface area contributed by atoms with Crippen LogP contribution in [0.4, 0.5) is 5.95 Å². The number of piperazine rings is 1. The van der Waals surface area contributed by atoms with Gasteiger partial charge in [0.05, 0.1) is 12.8 Å². The second-order valence-electron chi connectivity index (χ2n) is 6.31. The molecule has 1 aliphatic heterocycles. The van der Waals surface area contributed by atoms with Gasteiger partial charge in [0.2, 0.25) is 5.95 Å². The second kappa shape index (κ2) is 7.06. The van der Waals surface area contributed by atoms with Gasteiger partial charge in [-0.3, -0.25) is 0 Å². The molecule has 132 valence electrons. The molecule has 1 aromatic heterocycles. The second-order valence-corrected chi connectivity index (χ2v) is 6.31. The van der Waals surface area contributed by atoms with Crippen LogP contribution in [0.5, 0.6) is 5.75 Å². The Balaban J connectivity index is 2.08. The number of carbonyl (C=O) groups is 1. The van der Waals surface area contributed by atoms with E-state index >= 15 is 0 Å². The number of methoxy groups -OCH3 is 1. The number of aromatic nitrogens is 2. The lowest BCUT2D eigenvalue weighted by Gasteiger charge is -2.36. The Hall–Kier alpha value is -2.67. The molecule has 0 radical (unpaired) electrons. The SMILES string of the molecule is COc1ccccc1-c1nc(N2C[C@@H](C)N[C@H](C)C2)ncc1C(=O)O. The molecule has 0 spiro atoms. The average Bonchev–Trinajstić information content (AvgIpc) is 2.60. The van der Waals surface area contributed by atoms with Crippen molar-refractivity contribution in [3.05, 3.63) is 36.0 Å². The zero-order valence-electron chi connectivity index (χ0n) is 14.6. The van der Waals surface area contributed by atoms with Crippen LogP contribution in [0.2, 0.25) is 0 Å². The first kappa shape index (κ1) is 17.2. The van der Waals surface area contributed by atoms with E-state index in [0.29, 0.717) is 35.0 Å². The first-order valence-corrected chi connectivity index (χ1v) is 8.24. The van der Waals surface area contributed by atoms with Crippen molar-refractivity contribution < 1.29 is 14.6 Å². The van der Waals surface area contributed by atoms with Gasteiger partial charge in [0, 0.05) is 36.9 Å². The molecule has 1 aromatic carbocycles. The highest BCUT2D eigenvalue weighted by atomic mass is 16.5. The van der Waals surface area contributed by atoms with Crippen LogP contribution in [0.25, 0.3) is 11.3 Å². The molecule has 7 heteroatoms. The van der Waals surface area contributed by atoms with Crippen LogP contribution in [0.1, 0.15) is 24.2 Å². The highest BCUT2D eigenvalue weighted by molar-refractivity contribution is 5.95. The monoisotopic (exact) mass is 342 g/mol. The summed E-state index contributed by atoms with van der Waals surface area (Å²) in [5.41, 5.74) is 1.07. The van der Waals surface area contributed by atoms with Gasteiger partial charge in [-0.1, -0.05) is 12.1 Å². The molecule has 2 N–H and O–H groups in total. The molecule has 2 aromatic rings. The number of benzene rings is 1. The Bertz CT molecular complexity index is 771. The van der Waals surface area contributed by atoms with Crippen LogP contribution >= 0.6 is 0 Å². The molecule has 0 aliphatic carbocycles. The van der Waals surface area contributed by atoms with Crippen molar-refractivity contribution in [1.82, 2.24) is 15.3 Å². The summed E-state index contributed by atoms with van der Waals surface area (Å²) in [7, 11) is 1.56. The summed E-state index contributed by atoms with van der Waals surface area (Å²) in [6.07, 6.45) is 1.38. The Morgan fingerprint density at radius 2 is 1.96 bits per heavy atom. The largest absolute Gasteiger partial charge is 0.496 e. The minimum atomic E-state index is -1.06. The van der Waals surface area contributed by atoms with Gasteiger partial charge in [-0.25, -0.2) is 14.8 Å². The predicted molar refractivity (Wildman–Crippen MR) is 95.3 cm³/mol. The maximum atomic E-state index is 11.6. The molecule has 7 nitrogen and oxygen atoms in total. The quantitative estimate of drug-likeness (QED) is 0.879. The maximum Gasteiger partial charge on any atom is 0.339 e. The maximum absolute atomic E-state index is 11.6. The van der Waals surface area contributed by atoms with Crippen molar-refractivity contribution in [2.75, 3.05) is 25.1 Å². The van der Waals surface area contributed by atoms with Gasteiger partial charge >= 0.3 is 5.97 Å². The number of para-hydroxylation sites is 1. The highest BCUT2D eigenvalue weighted by Crippen LogP contribution is 2.31. The average molecular weight is 342 g/mol. The fourth-order valence-electron chi connectivity index (χ4n) is 3.22. The lowest BCUT2D eigenvalue weighted by Crippen LogP contribution is -2.54. The number of rotatable bonds is 4. The van der Waals surface area contributed by atoms with E-state index in [-0.39, 0.29) is 5.56 Å². The molecular formula is C18H22N4O3. The fraction of sp³-hybridized carbons (Fsp3) is 0.389. The molecule has 0 unspecified atom stereocenters. The third-order valence-corrected chi connectivity index (χ3v) is 4.21. The van der Waals surface area contributed by atoms with Crippen molar-refractivity contribution in [3.8, 4) is 17.0 Å². The van der Waals surface area contributed by atoms with Crippen molar-refractivity contribution >= 4 is 11.9 Å². The number of nitrogens with one attached hydrogen (secondary N) is 1. The number of hydrogen-bond acceptors (Lipinski definition) is 6. The van der Waals surface area contributed by atoms with Gasteiger partial charge in [-0.05, 0) is 26.0 Å². The third-order valence-electron chi connectivity index (χ3n) is 4.21. The van der Waals surface area contributed by atoms with Crippen LogP contribution in [0, 0.1) is 0 Å². The number of carboxylic acids is 1. The predicted octanol–water partition coefficient (Wildman–Crippen LogP) is 2.04. The Labute approximate surface area is 146 Å². The van der Waals surface area contributed by atoms with Crippen molar-refractivity contribution in [2.24, 2.45) is 0 Å². The van der Waals surface area contributed by atoms with E-state index in [9.17, 15) is 9.90 Å². The molecule has 3 rings (SSSR count). The minimum Gasteiger partial charge on any atom is -0.496 e. The van der Waals surface area contributed by atoms with Gasteiger partial charge < -0.3 is 20.1 Å². The van der Waals surface area contributed by atoms with E-state index in [1.54, 1.807) is 19.2 Å². The van der Waals surface area contributed by atoms with Crippen LogP contribution in [-0.4, -0.2) is 53.3 Å². The molecule has 25 heavy (non-hydrogen) atoms. The van der Waals surface area contributed by atoms with Crippen molar-refractivity contribution in [2.45, 2.75) is 25.9 Å². The molecule has 2 atom stereocenters. The summed E-state index contributed by atoms with van der Waals surface area (Å²) in [6.45, 7) is 5.75. The van der Waals surface area contributed by atoms with Gasteiger partial charge in [-0.2, -0.15) is 0 Å². The summed E-state index contributed by atoms with van der Waals surface area (Å²) < 4.78 is 5.38. The minimum absolute atomic E-state index is 0.0597. The first-order valence-electron chi connectivity index (χ1n) is 8.24. The van der Waals surface area contributed by atoms with Crippen molar-refractivity contribution in [3.63, 3.8) is 0 Å². The van der Waals surface area contributed by atoms with E-state index in [4.69, 9.17) is 4.74 Å². The van der Waals surface area contributed by atoms with Gasteiger partial charge in [0.15, 0.2) is 0 Å². The highest BCUT2D eigenvalue weighted by Gasteiger charge is 2.25. The number of nitrogens with zero attached hydrogens (tertiary/aromatic N) is 3. The lowest BCUT2D eigenvalue weighted by molar-refractivity contribution is 0.0697. The molecule has 2 heterocycles. The summed E-state index contributed by atoms with van der Waals surface area (Å²) in [5, 5.41) is 13.0. The van der Waals surface area contributed by atoms with Crippen LogP contribution < -0.4 is 15.0 Å². The zero-order valence-corrected chi connectivity index (χ0v) is 14.6. The topological polar surface area (TPSA) is 87.6 Å². The number of hydrogen-bond donors (Lipinski definition) is 2. The first-order chi connectivity index (χ1) is 12.0. The molecule has 1 fully saturated rings. The summed E-state index contributed by atoms with van der Waals surface area (Å²) in [5.74, 6) is 0.0531. The number of ether oxygens (including phenoxy) is 1. The van der Waals surface area contributed by atoms with E-state index in [1.165, 1.54) is 6.20 Å². The Morgan fingerprint density at radius 3 is 2.60 bits per heavy atom. The fourth-order valence-corrected chi connectivity index (χ4v) is 3.22. The standard InChI is InChI=1S/C18H22N4O3/c1-11-9-22(10-12(2)20-11)18-19-8-14(17(23)24)16(21-18)13-6-4-5-7-15(13)25-3/h4-8,11-12,20H,9-10H2,1-3H3,(H,23,24)/t11-,12-/m1/s1. The van der Waals surface area contributed by atoms with Gasteiger partial charge in [-0.15, -0.1) is 0 Å². The van der Waals surface area contributed by atoms with Gasteiger partial charge in [0.25, 0.3) is 0 Å². The molecule has 0 amide bonds. The van der Waals surface area contributed by atoms with E-state index in [2.05, 4.69) is 34.0 Å². The normalized spacial score (nSPS) is 20.4. The van der Waals surface area contributed by atoms with Crippen molar-refractivity contribution in [1.29, 1.82) is 0 Å². The summed E-state index contributed by atoms with van der Waals surface area (Å²) >= 11 is 0. The lowest BCUT2D eigenvalue weighted by atomic mass is 10.1. The smallest absolute Gasteiger partial charge is 0.339 e. The molecule has 1 aliphatic rings. The van der Waals surface area contributed by atoms with Crippen LogP contribution in [0.15, 0.2) is 30.5 Å². The molecule has 1 saturated heterocycles. The zero-order chi connectivity index (χ0) is 18.0. The summed E-state index contributed by atoms with van der Waals surface area (Å²) in [6, 6.07) is 7.88. The van der Waals surface area contributed by atoms with E-state index < -0.39 is 5.97 Å².